The summed E-state index contributed by atoms with van der Waals surface area (Å²) < 4.78 is 0. The lowest BCUT2D eigenvalue weighted by Crippen LogP contribution is -2.53. The number of carbonyl (C=O) groups is 1. The second kappa shape index (κ2) is 7.08. The van der Waals surface area contributed by atoms with Crippen LogP contribution in [0.2, 0.25) is 0 Å². The summed E-state index contributed by atoms with van der Waals surface area (Å²) in [5.41, 5.74) is 7.72. The van der Waals surface area contributed by atoms with Crippen molar-refractivity contribution >= 4 is 12.0 Å². The third kappa shape index (κ3) is 3.87. The standard InChI is InChI=1S/C20H28N2O2/c1-2-15(12-14-6-4-3-5-7-14)17-13-18(17)22-16-8-10-20(21,11-9-16)19(23)24/h3-7,12,16-18,22H,2,8-11,13,21H2,1H3,(H,23,24)/b15-12+/t16?,17-,18+,20?/m0/s1. The first kappa shape index (κ1) is 17.2. The molecule has 0 radical (unpaired) electrons. The maximum atomic E-state index is 11.2. The van der Waals surface area contributed by atoms with Crippen molar-refractivity contribution in [3.8, 4) is 0 Å². The van der Waals surface area contributed by atoms with Gasteiger partial charge in [-0.15, -0.1) is 0 Å². The van der Waals surface area contributed by atoms with Gasteiger partial charge in [-0.1, -0.05) is 48.9 Å². The van der Waals surface area contributed by atoms with Crippen LogP contribution in [0.25, 0.3) is 6.08 Å². The molecule has 0 aliphatic heterocycles. The number of nitrogens with one attached hydrogen (secondary N) is 1. The average Bonchev–Trinajstić information content (AvgIpc) is 3.34. The molecule has 1 aromatic carbocycles. The highest BCUT2D eigenvalue weighted by atomic mass is 16.4. The lowest BCUT2D eigenvalue weighted by molar-refractivity contribution is -0.144. The van der Waals surface area contributed by atoms with Crippen molar-refractivity contribution in [1.29, 1.82) is 0 Å². The molecule has 0 saturated heterocycles. The molecule has 0 aromatic heterocycles. The van der Waals surface area contributed by atoms with Crippen LogP contribution in [0, 0.1) is 5.92 Å². The highest BCUT2D eigenvalue weighted by Crippen LogP contribution is 2.41. The minimum Gasteiger partial charge on any atom is -0.480 e. The number of carboxylic acids is 1. The van der Waals surface area contributed by atoms with Crippen LogP contribution >= 0.6 is 0 Å². The predicted molar refractivity (Wildman–Crippen MR) is 96.6 cm³/mol. The van der Waals surface area contributed by atoms with E-state index < -0.39 is 11.5 Å². The summed E-state index contributed by atoms with van der Waals surface area (Å²) in [4.78, 5) is 11.2. The van der Waals surface area contributed by atoms with Gasteiger partial charge in [-0.2, -0.15) is 0 Å². The van der Waals surface area contributed by atoms with E-state index in [4.69, 9.17) is 5.73 Å². The molecule has 4 nitrogen and oxygen atoms in total. The van der Waals surface area contributed by atoms with Gasteiger partial charge in [0, 0.05) is 12.1 Å². The Balaban J connectivity index is 1.53. The molecule has 2 saturated carbocycles. The Bertz CT molecular complexity index is 603. The quantitative estimate of drug-likeness (QED) is 0.750. The van der Waals surface area contributed by atoms with E-state index in [1.54, 1.807) is 0 Å². The van der Waals surface area contributed by atoms with E-state index in [9.17, 15) is 9.90 Å². The Labute approximate surface area is 144 Å². The van der Waals surface area contributed by atoms with Crippen LogP contribution in [0.3, 0.4) is 0 Å². The van der Waals surface area contributed by atoms with Crippen LogP contribution in [0.15, 0.2) is 35.9 Å². The summed E-state index contributed by atoms with van der Waals surface area (Å²) in [6.45, 7) is 2.22. The smallest absolute Gasteiger partial charge is 0.323 e. The van der Waals surface area contributed by atoms with Gasteiger partial charge >= 0.3 is 5.97 Å². The molecule has 130 valence electrons. The molecule has 0 spiro atoms. The van der Waals surface area contributed by atoms with Crippen LogP contribution in [-0.4, -0.2) is 28.7 Å². The molecular weight excluding hydrogens is 300 g/mol. The topological polar surface area (TPSA) is 75.3 Å². The molecule has 24 heavy (non-hydrogen) atoms. The summed E-state index contributed by atoms with van der Waals surface area (Å²) in [6, 6.07) is 11.4. The van der Waals surface area contributed by atoms with Gasteiger partial charge in [-0.25, -0.2) is 0 Å². The van der Waals surface area contributed by atoms with Gasteiger partial charge in [0.2, 0.25) is 0 Å². The van der Waals surface area contributed by atoms with Gasteiger partial charge in [0.15, 0.2) is 0 Å². The normalized spacial score (nSPS) is 33.2. The lowest BCUT2D eigenvalue weighted by atomic mass is 9.80. The molecule has 3 rings (SSSR count). The Morgan fingerprint density at radius 2 is 2.00 bits per heavy atom. The molecule has 0 unspecified atom stereocenters. The average molecular weight is 328 g/mol. The molecule has 2 aliphatic rings. The number of benzene rings is 1. The fraction of sp³-hybridized carbons (Fsp3) is 0.550. The first-order chi connectivity index (χ1) is 11.5. The highest BCUT2D eigenvalue weighted by molar-refractivity contribution is 5.78. The first-order valence-corrected chi connectivity index (χ1v) is 9.05. The zero-order valence-electron chi connectivity index (χ0n) is 14.4. The van der Waals surface area contributed by atoms with Gasteiger partial charge in [-0.05, 0) is 50.0 Å². The van der Waals surface area contributed by atoms with Crippen molar-refractivity contribution < 1.29 is 9.90 Å². The van der Waals surface area contributed by atoms with Crippen LogP contribution in [0.4, 0.5) is 0 Å². The van der Waals surface area contributed by atoms with Crippen molar-refractivity contribution in [3.05, 3.63) is 41.5 Å². The molecule has 4 N–H and O–H groups in total. The summed E-state index contributed by atoms with van der Waals surface area (Å²) >= 11 is 0. The molecule has 2 atom stereocenters. The molecule has 0 amide bonds. The lowest BCUT2D eigenvalue weighted by Gasteiger charge is -2.34. The zero-order valence-corrected chi connectivity index (χ0v) is 14.4. The highest BCUT2D eigenvalue weighted by Gasteiger charge is 2.43. The minimum absolute atomic E-state index is 0.408. The van der Waals surface area contributed by atoms with Gasteiger partial charge in [0.05, 0.1) is 0 Å². The van der Waals surface area contributed by atoms with Gasteiger partial charge in [-0.3, -0.25) is 4.79 Å². The minimum atomic E-state index is -1.01. The number of aliphatic carboxylic acids is 1. The predicted octanol–water partition coefficient (Wildman–Crippen LogP) is 3.18. The number of nitrogens with two attached hydrogens (primary N) is 1. The number of carboxylic acid groups (broad SMARTS) is 1. The Morgan fingerprint density at radius 3 is 2.58 bits per heavy atom. The molecule has 4 heteroatoms. The van der Waals surface area contributed by atoms with Gasteiger partial charge in [0.1, 0.15) is 5.54 Å². The van der Waals surface area contributed by atoms with E-state index in [1.807, 2.05) is 6.07 Å². The van der Waals surface area contributed by atoms with Crippen molar-refractivity contribution in [2.24, 2.45) is 11.7 Å². The summed E-state index contributed by atoms with van der Waals surface area (Å²) in [5.74, 6) is -0.233. The molecule has 0 heterocycles. The third-order valence-electron chi connectivity index (χ3n) is 5.58. The van der Waals surface area contributed by atoms with E-state index in [1.165, 1.54) is 17.6 Å². The summed E-state index contributed by atoms with van der Waals surface area (Å²) in [7, 11) is 0. The van der Waals surface area contributed by atoms with E-state index in [2.05, 4.69) is 42.6 Å². The summed E-state index contributed by atoms with van der Waals surface area (Å²) in [6.07, 6.45) is 7.44. The number of rotatable bonds is 6. The van der Waals surface area contributed by atoms with E-state index in [-0.39, 0.29) is 0 Å². The molecular formula is C20H28N2O2. The number of hydrogen-bond acceptors (Lipinski definition) is 3. The Hall–Kier alpha value is -1.65. The van der Waals surface area contributed by atoms with Crippen LogP contribution in [-0.2, 0) is 4.79 Å². The van der Waals surface area contributed by atoms with Crippen molar-refractivity contribution in [2.45, 2.75) is 63.1 Å². The third-order valence-corrected chi connectivity index (χ3v) is 5.58. The molecule has 1 aromatic rings. The second-order valence-corrected chi connectivity index (χ2v) is 7.33. The number of hydrogen-bond donors (Lipinski definition) is 3. The van der Waals surface area contributed by atoms with Crippen molar-refractivity contribution in [2.75, 3.05) is 0 Å². The largest absolute Gasteiger partial charge is 0.480 e. The van der Waals surface area contributed by atoms with Crippen LogP contribution in [0.5, 0.6) is 0 Å². The van der Waals surface area contributed by atoms with Crippen molar-refractivity contribution in [1.82, 2.24) is 5.32 Å². The molecule has 2 fully saturated rings. The van der Waals surface area contributed by atoms with E-state index >= 15 is 0 Å². The van der Waals surface area contributed by atoms with Gasteiger partial charge in [0.25, 0.3) is 0 Å². The first-order valence-electron chi connectivity index (χ1n) is 9.05. The van der Waals surface area contributed by atoms with Gasteiger partial charge < -0.3 is 16.2 Å². The molecule has 2 aliphatic carbocycles. The van der Waals surface area contributed by atoms with Crippen molar-refractivity contribution in [3.63, 3.8) is 0 Å². The second-order valence-electron chi connectivity index (χ2n) is 7.33. The van der Waals surface area contributed by atoms with Crippen LogP contribution in [0.1, 0.15) is 51.0 Å². The zero-order chi connectivity index (χ0) is 17.2. The Kier molecular flexibility index (Phi) is 5.07. The van der Waals surface area contributed by atoms with Crippen LogP contribution < -0.4 is 11.1 Å². The monoisotopic (exact) mass is 328 g/mol. The maximum Gasteiger partial charge on any atom is 0.323 e. The summed E-state index contributed by atoms with van der Waals surface area (Å²) in [5, 5.41) is 12.9. The molecule has 0 bridgehead atoms. The van der Waals surface area contributed by atoms with E-state index in [0.29, 0.717) is 30.8 Å². The fourth-order valence-electron chi connectivity index (χ4n) is 3.84. The Morgan fingerprint density at radius 1 is 1.33 bits per heavy atom. The SMILES string of the molecule is CC/C(=C\c1ccccc1)[C@@H]1C[C@H]1NC1CCC(N)(C(=O)O)CC1. The van der Waals surface area contributed by atoms with E-state index in [0.717, 1.165) is 19.3 Å². The fourth-order valence-corrected chi connectivity index (χ4v) is 3.84. The maximum absolute atomic E-state index is 11.2.